The lowest BCUT2D eigenvalue weighted by Crippen LogP contribution is -2.47. The summed E-state index contributed by atoms with van der Waals surface area (Å²) in [5.41, 5.74) is 7.41. The van der Waals surface area contributed by atoms with Gasteiger partial charge in [0.2, 0.25) is 0 Å². The molecule has 0 aliphatic heterocycles. The van der Waals surface area contributed by atoms with Gasteiger partial charge in [0.1, 0.15) is 5.54 Å². The van der Waals surface area contributed by atoms with Crippen LogP contribution in [0.15, 0.2) is 23.3 Å². The van der Waals surface area contributed by atoms with Crippen LogP contribution < -0.4 is 14.8 Å². The second-order valence-corrected chi connectivity index (χ2v) is 4.38. The van der Waals surface area contributed by atoms with Gasteiger partial charge in [-0.25, -0.2) is 4.79 Å². The maximum Gasteiger partial charge on any atom is 0.328 e. The van der Waals surface area contributed by atoms with E-state index >= 15 is 0 Å². The van der Waals surface area contributed by atoms with E-state index in [4.69, 9.17) is 15.0 Å². The molecule has 0 aliphatic carbocycles. The largest absolute Gasteiger partial charge is 0.493 e. The van der Waals surface area contributed by atoms with E-state index in [0.717, 1.165) is 0 Å². The minimum atomic E-state index is -1.33. The summed E-state index contributed by atoms with van der Waals surface area (Å²) in [5, 5.41) is 15.7. The molecule has 1 aromatic carbocycles. The first kappa shape index (κ1) is 16.6. The minimum Gasteiger partial charge on any atom is -0.493 e. The van der Waals surface area contributed by atoms with Crippen LogP contribution in [0.2, 0.25) is 0 Å². The fourth-order valence-corrected chi connectivity index (χ4v) is 1.85. The minimum absolute atomic E-state index is 0.159. The Morgan fingerprint density at radius 2 is 2.10 bits per heavy atom. The molecule has 8 heteroatoms. The van der Waals surface area contributed by atoms with Crippen molar-refractivity contribution < 1.29 is 19.4 Å². The van der Waals surface area contributed by atoms with Crippen LogP contribution in [-0.2, 0) is 10.3 Å². The molecule has 1 unspecified atom stereocenters. The highest BCUT2D eigenvalue weighted by atomic mass is 16.5. The van der Waals surface area contributed by atoms with Gasteiger partial charge in [-0.2, -0.15) is 0 Å². The Morgan fingerprint density at radius 3 is 2.62 bits per heavy atom. The zero-order chi connectivity index (χ0) is 15.9. The van der Waals surface area contributed by atoms with Crippen molar-refractivity contribution in [1.82, 2.24) is 5.32 Å². The van der Waals surface area contributed by atoms with Crippen molar-refractivity contribution in [2.24, 2.45) is 5.11 Å². The molecule has 8 nitrogen and oxygen atoms in total. The Morgan fingerprint density at radius 1 is 1.43 bits per heavy atom. The van der Waals surface area contributed by atoms with E-state index < -0.39 is 11.5 Å². The smallest absolute Gasteiger partial charge is 0.328 e. The maximum absolute atomic E-state index is 11.6. The standard InChI is InChI=1S/C13H18N4O4/c1-13(12(18)19,15-6-7-16-17-14)9-4-5-10(20-2)11(8-9)21-3/h4-5,8,15H,6-7H2,1-3H3,(H,18,19). The van der Waals surface area contributed by atoms with Crippen molar-refractivity contribution in [2.75, 3.05) is 27.3 Å². The molecule has 2 N–H and O–H groups in total. The predicted octanol–water partition coefficient (Wildman–Crippen LogP) is 1.90. The Balaban J connectivity index is 3.09. The van der Waals surface area contributed by atoms with Gasteiger partial charge in [-0.15, -0.1) is 0 Å². The summed E-state index contributed by atoms with van der Waals surface area (Å²) in [6, 6.07) is 4.90. The van der Waals surface area contributed by atoms with Crippen molar-refractivity contribution >= 4 is 5.97 Å². The number of nitrogens with one attached hydrogen (secondary N) is 1. The lowest BCUT2D eigenvalue weighted by Gasteiger charge is -2.27. The second-order valence-electron chi connectivity index (χ2n) is 4.38. The predicted molar refractivity (Wildman–Crippen MR) is 76.5 cm³/mol. The van der Waals surface area contributed by atoms with E-state index in [1.807, 2.05) is 0 Å². The lowest BCUT2D eigenvalue weighted by atomic mass is 9.91. The molecular formula is C13H18N4O4. The number of carboxylic acids is 1. The van der Waals surface area contributed by atoms with Gasteiger partial charge in [0.25, 0.3) is 0 Å². The van der Waals surface area contributed by atoms with E-state index in [0.29, 0.717) is 17.1 Å². The first-order valence-corrected chi connectivity index (χ1v) is 6.21. The molecule has 0 radical (unpaired) electrons. The number of ether oxygens (including phenoxy) is 2. The monoisotopic (exact) mass is 294 g/mol. The van der Waals surface area contributed by atoms with Gasteiger partial charge in [-0.3, -0.25) is 5.32 Å². The van der Waals surface area contributed by atoms with Crippen LogP contribution in [0.1, 0.15) is 12.5 Å². The highest BCUT2D eigenvalue weighted by molar-refractivity contribution is 5.80. The molecule has 0 amide bonds. The number of hydrogen-bond acceptors (Lipinski definition) is 5. The molecule has 0 saturated heterocycles. The Hall–Kier alpha value is -2.44. The number of azide groups is 1. The van der Waals surface area contributed by atoms with E-state index in [2.05, 4.69) is 15.3 Å². The van der Waals surface area contributed by atoms with Gasteiger partial charge in [0, 0.05) is 18.0 Å². The van der Waals surface area contributed by atoms with Crippen LogP contribution in [0.4, 0.5) is 0 Å². The van der Waals surface area contributed by atoms with Crippen LogP contribution in [0, 0.1) is 0 Å². The molecule has 0 spiro atoms. The number of methoxy groups -OCH3 is 2. The SMILES string of the molecule is COc1ccc(C(C)(NCCN=[N+]=[N-])C(=O)O)cc1OC. The third-order valence-corrected chi connectivity index (χ3v) is 3.14. The third kappa shape index (κ3) is 3.77. The summed E-state index contributed by atoms with van der Waals surface area (Å²) >= 11 is 0. The molecule has 1 atom stereocenters. The van der Waals surface area contributed by atoms with Gasteiger partial charge >= 0.3 is 5.97 Å². The normalized spacial score (nSPS) is 12.9. The average molecular weight is 294 g/mol. The van der Waals surface area contributed by atoms with Crippen molar-refractivity contribution in [3.8, 4) is 11.5 Å². The molecule has 1 aromatic rings. The Bertz CT molecular complexity index is 557. The molecule has 0 bridgehead atoms. The van der Waals surface area contributed by atoms with Gasteiger partial charge in [0.15, 0.2) is 11.5 Å². The molecule has 114 valence electrons. The highest BCUT2D eigenvalue weighted by Crippen LogP contribution is 2.32. The first-order valence-electron chi connectivity index (χ1n) is 6.21. The second kappa shape index (κ2) is 7.37. The van der Waals surface area contributed by atoms with Crippen LogP contribution in [0.3, 0.4) is 0 Å². The summed E-state index contributed by atoms with van der Waals surface area (Å²) in [7, 11) is 2.99. The van der Waals surface area contributed by atoms with E-state index in [1.165, 1.54) is 21.1 Å². The van der Waals surface area contributed by atoms with Crippen LogP contribution in [0.25, 0.3) is 10.4 Å². The van der Waals surface area contributed by atoms with Gasteiger partial charge < -0.3 is 14.6 Å². The average Bonchev–Trinajstić information content (AvgIpc) is 2.50. The van der Waals surface area contributed by atoms with Crippen molar-refractivity contribution in [3.05, 3.63) is 34.2 Å². The summed E-state index contributed by atoms with van der Waals surface area (Å²) in [6.07, 6.45) is 0. The zero-order valence-corrected chi connectivity index (χ0v) is 12.2. The number of hydrogen-bond donors (Lipinski definition) is 2. The topological polar surface area (TPSA) is 117 Å². The summed E-state index contributed by atoms with van der Waals surface area (Å²) in [6.45, 7) is 1.93. The Labute approximate surface area is 122 Å². The number of aliphatic carboxylic acids is 1. The molecule has 0 saturated carbocycles. The molecule has 0 aliphatic rings. The molecule has 0 fully saturated rings. The first-order chi connectivity index (χ1) is 9.99. The van der Waals surface area contributed by atoms with Gasteiger partial charge in [-0.1, -0.05) is 11.2 Å². The molecule has 0 heterocycles. The summed E-state index contributed by atoms with van der Waals surface area (Å²) in [4.78, 5) is 14.2. The van der Waals surface area contributed by atoms with Crippen LogP contribution in [0.5, 0.6) is 11.5 Å². The maximum atomic E-state index is 11.6. The summed E-state index contributed by atoms with van der Waals surface area (Å²) in [5.74, 6) is -0.0851. The summed E-state index contributed by atoms with van der Waals surface area (Å²) < 4.78 is 10.3. The lowest BCUT2D eigenvalue weighted by molar-refractivity contribution is -0.144. The van der Waals surface area contributed by atoms with Crippen LogP contribution >= 0.6 is 0 Å². The molecule has 1 rings (SSSR count). The quantitative estimate of drug-likeness (QED) is 0.329. The fourth-order valence-electron chi connectivity index (χ4n) is 1.85. The van der Waals surface area contributed by atoms with E-state index in [1.54, 1.807) is 18.2 Å². The molecule has 0 aromatic heterocycles. The Kier molecular flexibility index (Phi) is 5.83. The number of nitrogens with zero attached hydrogens (tertiary/aromatic N) is 3. The van der Waals surface area contributed by atoms with Crippen molar-refractivity contribution in [2.45, 2.75) is 12.5 Å². The number of rotatable bonds is 8. The zero-order valence-electron chi connectivity index (χ0n) is 12.2. The van der Waals surface area contributed by atoms with Gasteiger partial charge in [-0.05, 0) is 30.2 Å². The van der Waals surface area contributed by atoms with Crippen molar-refractivity contribution in [3.63, 3.8) is 0 Å². The van der Waals surface area contributed by atoms with Gasteiger partial charge in [0.05, 0.1) is 14.2 Å². The molecule has 21 heavy (non-hydrogen) atoms. The third-order valence-electron chi connectivity index (χ3n) is 3.14. The fraction of sp³-hybridized carbons (Fsp3) is 0.462. The van der Waals surface area contributed by atoms with E-state index in [-0.39, 0.29) is 13.1 Å². The number of carbonyl (C=O) groups is 1. The van der Waals surface area contributed by atoms with E-state index in [9.17, 15) is 9.90 Å². The number of carboxylic acid groups (broad SMARTS) is 1. The van der Waals surface area contributed by atoms with Crippen molar-refractivity contribution in [1.29, 1.82) is 0 Å². The molecular weight excluding hydrogens is 276 g/mol. The highest BCUT2D eigenvalue weighted by Gasteiger charge is 2.35. The number of benzene rings is 1. The van der Waals surface area contributed by atoms with Crippen LogP contribution in [-0.4, -0.2) is 38.4 Å².